The van der Waals surface area contributed by atoms with Crippen LogP contribution in [0.15, 0.2) is 12.3 Å². The van der Waals surface area contributed by atoms with Crippen LogP contribution in [0.2, 0.25) is 0 Å². The zero-order chi connectivity index (χ0) is 11.3. The molecule has 15 heavy (non-hydrogen) atoms. The van der Waals surface area contributed by atoms with E-state index in [4.69, 9.17) is 11.5 Å². The van der Waals surface area contributed by atoms with Crippen molar-refractivity contribution in [1.82, 2.24) is 10.3 Å². The molecule has 78 valence electrons. The van der Waals surface area contributed by atoms with Gasteiger partial charge in [-0.15, -0.1) is 0 Å². The molecular formula is C10H12N4O. The lowest BCUT2D eigenvalue weighted by molar-refractivity contribution is -0.118. The molecule has 0 aliphatic rings. The summed E-state index contributed by atoms with van der Waals surface area (Å²) in [5.41, 5.74) is 12.1. The minimum absolute atomic E-state index is 0.112. The predicted molar refractivity (Wildman–Crippen MR) is 58.6 cm³/mol. The largest absolute Gasteiger partial charge is 0.396 e. The summed E-state index contributed by atoms with van der Waals surface area (Å²) in [4.78, 5) is 14.4. The number of carbonyl (C=O) groups is 1. The Morgan fingerprint density at radius 2 is 2.33 bits per heavy atom. The number of hydrogen-bond acceptors (Lipinski definition) is 4. The number of anilines is 2. The smallest absolute Gasteiger partial charge is 0.217 e. The maximum Gasteiger partial charge on any atom is 0.217 e. The number of carbonyl (C=O) groups excluding carboxylic acids is 1. The van der Waals surface area contributed by atoms with Crippen LogP contribution >= 0.6 is 0 Å². The highest BCUT2D eigenvalue weighted by Gasteiger charge is 1.95. The molecule has 1 aromatic rings. The summed E-state index contributed by atoms with van der Waals surface area (Å²) in [5.74, 6) is 5.75. The van der Waals surface area contributed by atoms with E-state index in [-0.39, 0.29) is 5.91 Å². The van der Waals surface area contributed by atoms with E-state index in [1.54, 1.807) is 6.07 Å². The van der Waals surface area contributed by atoms with Crippen molar-refractivity contribution >= 4 is 17.4 Å². The van der Waals surface area contributed by atoms with Crippen LogP contribution in [0.1, 0.15) is 12.5 Å². The van der Waals surface area contributed by atoms with Gasteiger partial charge in [-0.1, -0.05) is 11.8 Å². The molecule has 0 saturated heterocycles. The topological polar surface area (TPSA) is 94.0 Å². The Kier molecular flexibility index (Phi) is 3.52. The quantitative estimate of drug-likeness (QED) is 0.549. The van der Waals surface area contributed by atoms with E-state index in [0.717, 1.165) is 0 Å². The molecule has 0 bridgehead atoms. The van der Waals surface area contributed by atoms with Gasteiger partial charge in [0.25, 0.3) is 0 Å². The Balaban J connectivity index is 2.64. The molecular weight excluding hydrogens is 192 g/mol. The average Bonchev–Trinajstić information content (AvgIpc) is 2.18. The van der Waals surface area contributed by atoms with E-state index in [0.29, 0.717) is 23.6 Å². The second kappa shape index (κ2) is 4.86. The van der Waals surface area contributed by atoms with Gasteiger partial charge >= 0.3 is 0 Å². The van der Waals surface area contributed by atoms with Gasteiger partial charge in [0.05, 0.1) is 12.2 Å². The van der Waals surface area contributed by atoms with Gasteiger partial charge < -0.3 is 16.8 Å². The van der Waals surface area contributed by atoms with Gasteiger partial charge in [0.15, 0.2) is 0 Å². The summed E-state index contributed by atoms with van der Waals surface area (Å²) in [6.07, 6.45) is 1.53. The first-order chi connectivity index (χ1) is 7.09. The zero-order valence-corrected chi connectivity index (χ0v) is 8.37. The molecule has 1 heterocycles. The Bertz CT molecular complexity index is 431. The van der Waals surface area contributed by atoms with Gasteiger partial charge in [-0.3, -0.25) is 4.79 Å². The van der Waals surface area contributed by atoms with E-state index >= 15 is 0 Å². The summed E-state index contributed by atoms with van der Waals surface area (Å²) in [6.45, 7) is 1.74. The van der Waals surface area contributed by atoms with Gasteiger partial charge in [0.1, 0.15) is 5.82 Å². The molecule has 0 aromatic carbocycles. The Morgan fingerprint density at radius 3 is 2.93 bits per heavy atom. The van der Waals surface area contributed by atoms with Gasteiger partial charge in [-0.05, 0) is 6.07 Å². The second-order valence-corrected chi connectivity index (χ2v) is 2.91. The van der Waals surface area contributed by atoms with Crippen LogP contribution in [-0.4, -0.2) is 17.4 Å². The van der Waals surface area contributed by atoms with Crippen molar-refractivity contribution < 1.29 is 4.79 Å². The lowest BCUT2D eigenvalue weighted by atomic mass is 10.2. The molecule has 1 aromatic heterocycles. The highest BCUT2D eigenvalue weighted by Crippen LogP contribution is 2.11. The molecule has 1 amide bonds. The number of nitrogens with one attached hydrogen (secondary N) is 1. The monoisotopic (exact) mass is 204 g/mol. The summed E-state index contributed by atoms with van der Waals surface area (Å²) in [7, 11) is 0. The fraction of sp³-hybridized carbons (Fsp3) is 0.200. The predicted octanol–water partition coefficient (Wildman–Crippen LogP) is -0.266. The maximum atomic E-state index is 10.5. The molecule has 5 nitrogen and oxygen atoms in total. The van der Waals surface area contributed by atoms with Crippen molar-refractivity contribution in [2.24, 2.45) is 0 Å². The SMILES string of the molecule is CC(=O)NCC#Cc1cnc(N)c(N)c1. The van der Waals surface area contributed by atoms with Crippen LogP contribution in [-0.2, 0) is 4.79 Å². The maximum absolute atomic E-state index is 10.5. The number of hydrogen-bond donors (Lipinski definition) is 3. The van der Waals surface area contributed by atoms with E-state index in [9.17, 15) is 4.79 Å². The second-order valence-electron chi connectivity index (χ2n) is 2.91. The molecule has 0 atom stereocenters. The van der Waals surface area contributed by atoms with Gasteiger partial charge in [0, 0.05) is 18.7 Å². The Labute approximate surface area is 87.9 Å². The lowest BCUT2D eigenvalue weighted by Crippen LogP contribution is -2.19. The Hall–Kier alpha value is -2.22. The number of pyridine rings is 1. The van der Waals surface area contributed by atoms with Crippen LogP contribution in [0, 0.1) is 11.8 Å². The van der Waals surface area contributed by atoms with E-state index < -0.39 is 0 Å². The summed E-state index contributed by atoms with van der Waals surface area (Å²) >= 11 is 0. The summed E-state index contributed by atoms with van der Waals surface area (Å²) in [5, 5.41) is 2.55. The average molecular weight is 204 g/mol. The number of rotatable bonds is 1. The van der Waals surface area contributed by atoms with Crippen molar-refractivity contribution in [3.8, 4) is 11.8 Å². The molecule has 0 saturated carbocycles. The van der Waals surface area contributed by atoms with Crippen LogP contribution in [0.25, 0.3) is 0 Å². The minimum atomic E-state index is -0.112. The molecule has 0 fully saturated rings. The van der Waals surface area contributed by atoms with Crippen molar-refractivity contribution in [2.75, 3.05) is 18.0 Å². The summed E-state index contributed by atoms with van der Waals surface area (Å²) < 4.78 is 0. The first-order valence-electron chi connectivity index (χ1n) is 4.34. The highest BCUT2D eigenvalue weighted by molar-refractivity contribution is 5.73. The molecule has 5 heteroatoms. The molecule has 0 aliphatic carbocycles. The van der Waals surface area contributed by atoms with Crippen molar-refractivity contribution in [2.45, 2.75) is 6.92 Å². The third kappa shape index (κ3) is 3.56. The molecule has 0 radical (unpaired) electrons. The van der Waals surface area contributed by atoms with Crippen molar-refractivity contribution in [3.63, 3.8) is 0 Å². The number of nitrogen functional groups attached to an aromatic ring is 2. The van der Waals surface area contributed by atoms with Gasteiger partial charge in [-0.2, -0.15) is 0 Å². The van der Waals surface area contributed by atoms with E-state index in [1.165, 1.54) is 13.1 Å². The molecule has 0 spiro atoms. The minimum Gasteiger partial charge on any atom is -0.396 e. The van der Waals surface area contributed by atoms with Gasteiger partial charge in [0.2, 0.25) is 5.91 Å². The standard InChI is InChI=1S/C10H12N4O/c1-7(15)13-4-2-3-8-5-9(11)10(12)14-6-8/h5-6H,4,11H2,1H3,(H2,12,14)(H,13,15). The molecule has 0 aliphatic heterocycles. The Morgan fingerprint density at radius 1 is 1.60 bits per heavy atom. The zero-order valence-electron chi connectivity index (χ0n) is 8.37. The first kappa shape index (κ1) is 10.9. The van der Waals surface area contributed by atoms with E-state index in [1.807, 2.05) is 0 Å². The van der Waals surface area contributed by atoms with Crippen LogP contribution < -0.4 is 16.8 Å². The fourth-order valence-corrected chi connectivity index (χ4v) is 0.876. The highest BCUT2D eigenvalue weighted by atomic mass is 16.1. The first-order valence-corrected chi connectivity index (χ1v) is 4.34. The third-order valence-electron chi connectivity index (χ3n) is 1.61. The van der Waals surface area contributed by atoms with Crippen LogP contribution in [0.3, 0.4) is 0 Å². The normalized spacial score (nSPS) is 8.87. The number of nitrogens with two attached hydrogens (primary N) is 2. The fourth-order valence-electron chi connectivity index (χ4n) is 0.876. The van der Waals surface area contributed by atoms with E-state index in [2.05, 4.69) is 22.1 Å². The molecule has 0 unspecified atom stereocenters. The van der Waals surface area contributed by atoms with Gasteiger partial charge in [-0.25, -0.2) is 4.98 Å². The van der Waals surface area contributed by atoms with Crippen LogP contribution in [0.5, 0.6) is 0 Å². The number of nitrogens with zero attached hydrogens (tertiary/aromatic N) is 1. The van der Waals surface area contributed by atoms with Crippen LogP contribution in [0.4, 0.5) is 11.5 Å². The van der Waals surface area contributed by atoms with Crippen molar-refractivity contribution in [1.29, 1.82) is 0 Å². The third-order valence-corrected chi connectivity index (χ3v) is 1.61. The number of amides is 1. The summed E-state index contributed by atoms with van der Waals surface area (Å²) in [6, 6.07) is 1.64. The molecule has 5 N–H and O–H groups in total. The van der Waals surface area contributed by atoms with Crippen molar-refractivity contribution in [3.05, 3.63) is 17.8 Å². The molecule has 1 rings (SSSR count). The number of aromatic nitrogens is 1. The lowest BCUT2D eigenvalue weighted by Gasteiger charge is -1.97.